The Morgan fingerprint density at radius 3 is 2.43 bits per heavy atom. The number of hydrogen-bond donors (Lipinski definition) is 2. The van der Waals surface area contributed by atoms with Gasteiger partial charge in [-0.25, -0.2) is 4.79 Å². The van der Waals surface area contributed by atoms with Crippen molar-refractivity contribution in [2.24, 2.45) is 23.7 Å². The number of carbonyl (C=O) groups excluding carboxylic acids is 2. The molecule has 0 unspecified atom stereocenters. The highest BCUT2D eigenvalue weighted by Crippen LogP contribution is 2.52. The van der Waals surface area contributed by atoms with Crippen molar-refractivity contribution >= 4 is 23.5 Å². The highest BCUT2D eigenvalue weighted by molar-refractivity contribution is 6.02. The molecule has 0 spiro atoms. The molecule has 0 heterocycles. The molecule has 1 aromatic rings. The fraction of sp³-hybridized carbons (Fsp3) is 0.471. The number of benzene rings is 1. The molecular formula is C17H19NO5. The number of methoxy groups -OCH3 is 1. The molecule has 2 N–H and O–H groups in total. The number of rotatable bonds is 4. The molecular weight excluding hydrogens is 298 g/mol. The predicted octanol–water partition coefficient (Wildman–Crippen LogP) is 2.16. The van der Waals surface area contributed by atoms with Crippen LogP contribution in [0, 0.1) is 23.7 Å². The highest BCUT2D eigenvalue weighted by Gasteiger charge is 2.54. The minimum atomic E-state index is -0.904. The number of ether oxygens (including phenoxy) is 1. The maximum Gasteiger partial charge on any atom is 0.339 e. The normalized spacial score (nSPS) is 28.4. The Morgan fingerprint density at radius 1 is 1.13 bits per heavy atom. The van der Waals surface area contributed by atoms with Gasteiger partial charge in [-0.3, -0.25) is 9.59 Å². The van der Waals surface area contributed by atoms with Gasteiger partial charge in [0.1, 0.15) is 0 Å². The monoisotopic (exact) mass is 317 g/mol. The fourth-order valence-electron chi connectivity index (χ4n) is 4.12. The van der Waals surface area contributed by atoms with E-state index in [4.69, 9.17) is 4.74 Å². The van der Waals surface area contributed by atoms with E-state index in [1.165, 1.54) is 7.11 Å². The molecule has 1 amide bonds. The summed E-state index contributed by atoms with van der Waals surface area (Å²) in [6.45, 7) is 0. The molecule has 6 heteroatoms. The summed E-state index contributed by atoms with van der Waals surface area (Å²) in [5.41, 5.74) is 0.620. The highest BCUT2D eigenvalue weighted by atomic mass is 16.5. The molecule has 0 saturated heterocycles. The number of carboxylic acid groups (broad SMARTS) is 1. The number of carboxylic acids is 1. The van der Waals surface area contributed by atoms with Gasteiger partial charge in [0.2, 0.25) is 5.91 Å². The Balaban J connectivity index is 1.82. The van der Waals surface area contributed by atoms with E-state index in [1.54, 1.807) is 24.3 Å². The first-order valence-electron chi connectivity index (χ1n) is 7.74. The van der Waals surface area contributed by atoms with E-state index in [2.05, 4.69) is 5.32 Å². The second-order valence-electron chi connectivity index (χ2n) is 6.25. The quantitative estimate of drug-likeness (QED) is 0.830. The van der Waals surface area contributed by atoms with Crippen molar-refractivity contribution in [1.29, 1.82) is 0 Å². The minimum absolute atomic E-state index is 0.0871. The van der Waals surface area contributed by atoms with E-state index in [0.29, 0.717) is 5.69 Å². The number of aliphatic carboxylic acids is 1. The third-order valence-corrected chi connectivity index (χ3v) is 5.09. The third-order valence-electron chi connectivity index (χ3n) is 5.09. The van der Waals surface area contributed by atoms with Gasteiger partial charge < -0.3 is 15.2 Å². The number of fused-ring (bicyclic) bond motifs is 2. The molecule has 0 radical (unpaired) electrons. The first kappa shape index (κ1) is 15.5. The van der Waals surface area contributed by atoms with Crippen LogP contribution in [-0.2, 0) is 14.3 Å². The Kier molecular flexibility index (Phi) is 4.07. The molecule has 2 saturated carbocycles. The summed E-state index contributed by atoms with van der Waals surface area (Å²) in [4.78, 5) is 36.0. The zero-order chi connectivity index (χ0) is 16.6. The molecule has 1 aromatic carbocycles. The maximum absolute atomic E-state index is 12.7. The molecule has 122 valence electrons. The molecule has 2 fully saturated rings. The van der Waals surface area contributed by atoms with Crippen molar-refractivity contribution < 1.29 is 24.2 Å². The lowest BCUT2D eigenvalue weighted by Gasteiger charge is -2.27. The van der Waals surface area contributed by atoms with Crippen molar-refractivity contribution in [2.75, 3.05) is 12.4 Å². The van der Waals surface area contributed by atoms with Crippen LogP contribution >= 0.6 is 0 Å². The summed E-state index contributed by atoms with van der Waals surface area (Å²) in [6.07, 6.45) is 2.57. The summed E-state index contributed by atoms with van der Waals surface area (Å²) < 4.78 is 4.71. The topological polar surface area (TPSA) is 92.7 Å². The van der Waals surface area contributed by atoms with Gasteiger partial charge in [-0.15, -0.1) is 0 Å². The van der Waals surface area contributed by atoms with Crippen LogP contribution in [0.1, 0.15) is 29.6 Å². The number of hydrogen-bond acceptors (Lipinski definition) is 4. The lowest BCUT2D eigenvalue weighted by atomic mass is 9.78. The number of para-hydroxylation sites is 1. The van der Waals surface area contributed by atoms with E-state index in [-0.39, 0.29) is 23.3 Å². The van der Waals surface area contributed by atoms with Gasteiger partial charge >= 0.3 is 11.9 Å². The Morgan fingerprint density at radius 2 is 1.78 bits per heavy atom. The van der Waals surface area contributed by atoms with Crippen LogP contribution in [0.15, 0.2) is 24.3 Å². The zero-order valence-corrected chi connectivity index (χ0v) is 12.8. The second-order valence-corrected chi connectivity index (χ2v) is 6.25. The van der Waals surface area contributed by atoms with Gasteiger partial charge in [0.25, 0.3) is 0 Å². The molecule has 2 aliphatic carbocycles. The van der Waals surface area contributed by atoms with Gasteiger partial charge in [-0.1, -0.05) is 12.1 Å². The van der Waals surface area contributed by atoms with Crippen LogP contribution in [0.5, 0.6) is 0 Å². The predicted molar refractivity (Wildman–Crippen MR) is 81.9 cm³/mol. The molecule has 2 bridgehead atoms. The average Bonchev–Trinajstić information content (AvgIpc) is 3.15. The lowest BCUT2D eigenvalue weighted by Crippen LogP contribution is -2.38. The summed E-state index contributed by atoms with van der Waals surface area (Å²) in [6, 6.07) is 6.57. The second kappa shape index (κ2) is 6.02. The van der Waals surface area contributed by atoms with E-state index < -0.39 is 23.8 Å². The summed E-state index contributed by atoms with van der Waals surface area (Å²) in [5.74, 6) is -2.71. The summed E-state index contributed by atoms with van der Waals surface area (Å²) in [7, 11) is 1.28. The van der Waals surface area contributed by atoms with E-state index in [0.717, 1.165) is 19.3 Å². The van der Waals surface area contributed by atoms with Crippen molar-refractivity contribution in [3.63, 3.8) is 0 Å². The van der Waals surface area contributed by atoms with Crippen LogP contribution in [0.2, 0.25) is 0 Å². The summed E-state index contributed by atoms with van der Waals surface area (Å²) >= 11 is 0. The van der Waals surface area contributed by atoms with Gasteiger partial charge in [-0.05, 0) is 43.2 Å². The SMILES string of the molecule is COC(=O)c1ccccc1NC(=O)[C@H]1[C@@H]2CC[C@@H](C2)[C@@H]1C(=O)O. The van der Waals surface area contributed by atoms with Crippen LogP contribution in [0.3, 0.4) is 0 Å². The van der Waals surface area contributed by atoms with Gasteiger partial charge in [0.05, 0.1) is 30.2 Å². The van der Waals surface area contributed by atoms with Gasteiger partial charge in [0.15, 0.2) is 0 Å². The molecule has 6 nitrogen and oxygen atoms in total. The molecule has 23 heavy (non-hydrogen) atoms. The number of esters is 1. The maximum atomic E-state index is 12.7. The van der Waals surface area contributed by atoms with E-state index in [1.807, 2.05) is 0 Å². The van der Waals surface area contributed by atoms with Crippen LogP contribution in [-0.4, -0.2) is 30.1 Å². The van der Waals surface area contributed by atoms with Gasteiger partial charge in [0, 0.05) is 0 Å². The number of nitrogens with one attached hydrogen (secondary N) is 1. The standard InChI is InChI=1S/C17H19NO5/c1-23-17(22)11-4-2-3-5-12(11)18-15(19)13-9-6-7-10(8-9)14(13)16(20)21/h2-5,9-10,13-14H,6-8H2,1H3,(H,18,19)(H,20,21)/t9-,10+,13+,14+/m1/s1. The number of amides is 1. The fourth-order valence-corrected chi connectivity index (χ4v) is 4.12. The summed E-state index contributed by atoms with van der Waals surface area (Å²) in [5, 5.41) is 12.2. The van der Waals surface area contributed by atoms with Crippen LogP contribution in [0.25, 0.3) is 0 Å². The molecule has 2 aliphatic rings. The minimum Gasteiger partial charge on any atom is -0.481 e. The van der Waals surface area contributed by atoms with Crippen LogP contribution in [0.4, 0.5) is 5.69 Å². The zero-order valence-electron chi connectivity index (χ0n) is 12.8. The molecule has 3 rings (SSSR count). The van der Waals surface area contributed by atoms with Crippen molar-refractivity contribution in [2.45, 2.75) is 19.3 Å². The van der Waals surface area contributed by atoms with Crippen molar-refractivity contribution in [1.82, 2.24) is 0 Å². The Bertz CT molecular complexity index is 656. The Labute approximate surface area is 133 Å². The first-order valence-corrected chi connectivity index (χ1v) is 7.74. The largest absolute Gasteiger partial charge is 0.481 e. The van der Waals surface area contributed by atoms with Crippen LogP contribution < -0.4 is 5.32 Å². The first-order chi connectivity index (χ1) is 11.0. The average molecular weight is 317 g/mol. The van der Waals surface area contributed by atoms with Gasteiger partial charge in [-0.2, -0.15) is 0 Å². The number of carbonyl (C=O) groups is 3. The molecule has 4 atom stereocenters. The van der Waals surface area contributed by atoms with E-state index >= 15 is 0 Å². The van der Waals surface area contributed by atoms with Crippen molar-refractivity contribution in [3.8, 4) is 0 Å². The Hall–Kier alpha value is -2.37. The number of anilines is 1. The third kappa shape index (κ3) is 2.69. The smallest absolute Gasteiger partial charge is 0.339 e. The van der Waals surface area contributed by atoms with Crippen molar-refractivity contribution in [3.05, 3.63) is 29.8 Å². The lowest BCUT2D eigenvalue weighted by molar-refractivity contribution is -0.148. The van der Waals surface area contributed by atoms with E-state index in [9.17, 15) is 19.5 Å². The molecule has 0 aliphatic heterocycles. The molecule has 0 aromatic heterocycles.